The molecule has 0 aromatic heterocycles. The third kappa shape index (κ3) is 3.07. The van der Waals surface area contributed by atoms with Crippen LogP contribution >= 0.6 is 0 Å². The van der Waals surface area contributed by atoms with Crippen molar-refractivity contribution < 1.29 is 9.60 Å². The van der Waals surface area contributed by atoms with Gasteiger partial charge in [0.15, 0.2) is 0 Å². The van der Waals surface area contributed by atoms with Crippen LogP contribution in [0.3, 0.4) is 0 Å². The average Bonchev–Trinajstić information content (AvgIpc) is 2.16. The predicted molar refractivity (Wildman–Crippen MR) is 50.3 cm³/mol. The molecule has 0 atom stereocenters. The molecule has 0 spiro atoms. The number of nitrogens with zero attached hydrogens (tertiary/aromatic N) is 1. The van der Waals surface area contributed by atoms with E-state index >= 15 is 0 Å². The Bertz CT molecular complexity index is 327. The molecule has 1 aromatic rings. The van der Waals surface area contributed by atoms with Gasteiger partial charge in [0.1, 0.15) is 5.82 Å². The van der Waals surface area contributed by atoms with Crippen LogP contribution < -0.4 is 0 Å². The number of benzene rings is 1. The number of oxime groups is 1. The van der Waals surface area contributed by atoms with Gasteiger partial charge in [0.05, 0.1) is 5.71 Å². The molecule has 0 amide bonds. The van der Waals surface area contributed by atoms with Crippen molar-refractivity contribution in [1.29, 1.82) is 0 Å². The highest BCUT2D eigenvalue weighted by atomic mass is 19.1. The lowest BCUT2D eigenvalue weighted by Gasteiger charge is -1.92. The number of hydrogen-bond donors (Lipinski definition) is 1. The average molecular weight is 179 g/mol. The summed E-state index contributed by atoms with van der Waals surface area (Å²) in [5.74, 6) is -0.260. The highest BCUT2D eigenvalue weighted by Crippen LogP contribution is 2.04. The Balaban J connectivity index is 2.75. The summed E-state index contributed by atoms with van der Waals surface area (Å²) in [6, 6.07) is 6.06. The molecular weight excluding hydrogens is 169 g/mol. The second-order valence-corrected chi connectivity index (χ2v) is 2.63. The maximum absolute atomic E-state index is 12.5. The number of rotatable bonds is 2. The minimum Gasteiger partial charge on any atom is -0.411 e. The molecule has 0 aliphatic carbocycles. The van der Waals surface area contributed by atoms with Crippen LogP contribution in [-0.2, 0) is 0 Å². The Morgan fingerprint density at radius 3 is 2.54 bits per heavy atom. The zero-order valence-corrected chi connectivity index (χ0v) is 7.24. The summed E-state index contributed by atoms with van der Waals surface area (Å²) in [7, 11) is 0. The molecule has 68 valence electrons. The maximum atomic E-state index is 12.5. The van der Waals surface area contributed by atoms with Crippen molar-refractivity contribution in [3.63, 3.8) is 0 Å². The van der Waals surface area contributed by atoms with Gasteiger partial charge in [-0.15, -0.1) is 0 Å². The predicted octanol–water partition coefficient (Wildman–Crippen LogP) is 2.69. The third-order valence-corrected chi connectivity index (χ3v) is 1.54. The van der Waals surface area contributed by atoms with Gasteiger partial charge < -0.3 is 5.21 Å². The standard InChI is InChI=1S/C10H10FNO/c1-8(12-13)2-3-9-4-6-10(11)7-5-9/h2-7,13H,1H3. The molecule has 0 aliphatic rings. The van der Waals surface area contributed by atoms with E-state index in [9.17, 15) is 4.39 Å². The largest absolute Gasteiger partial charge is 0.411 e. The minimum absolute atomic E-state index is 0.260. The second-order valence-electron chi connectivity index (χ2n) is 2.63. The van der Waals surface area contributed by atoms with E-state index in [4.69, 9.17) is 5.21 Å². The molecule has 0 heterocycles. The molecule has 0 aliphatic heterocycles. The van der Waals surface area contributed by atoms with Crippen molar-refractivity contribution in [1.82, 2.24) is 0 Å². The van der Waals surface area contributed by atoms with Crippen LogP contribution in [0.25, 0.3) is 6.08 Å². The Morgan fingerprint density at radius 1 is 1.38 bits per heavy atom. The molecule has 3 heteroatoms. The molecular formula is C10H10FNO. The van der Waals surface area contributed by atoms with Crippen molar-refractivity contribution in [3.8, 4) is 0 Å². The van der Waals surface area contributed by atoms with Gasteiger partial charge in [-0.05, 0) is 30.7 Å². The quantitative estimate of drug-likeness (QED) is 0.422. The SMILES string of the molecule is CC(C=Cc1ccc(F)cc1)=NO. The smallest absolute Gasteiger partial charge is 0.123 e. The Morgan fingerprint density at radius 2 is 2.00 bits per heavy atom. The molecule has 1 rings (SSSR count). The van der Waals surface area contributed by atoms with Crippen molar-refractivity contribution in [2.45, 2.75) is 6.92 Å². The van der Waals surface area contributed by atoms with Gasteiger partial charge >= 0.3 is 0 Å². The highest BCUT2D eigenvalue weighted by Gasteiger charge is 1.88. The van der Waals surface area contributed by atoms with Gasteiger partial charge in [-0.2, -0.15) is 0 Å². The molecule has 0 unspecified atom stereocenters. The van der Waals surface area contributed by atoms with E-state index in [0.29, 0.717) is 5.71 Å². The molecule has 0 saturated heterocycles. The zero-order chi connectivity index (χ0) is 9.68. The summed E-state index contributed by atoms with van der Waals surface area (Å²) in [6.45, 7) is 1.67. The van der Waals surface area contributed by atoms with E-state index in [-0.39, 0.29) is 5.82 Å². The summed E-state index contributed by atoms with van der Waals surface area (Å²) in [4.78, 5) is 0. The number of hydrogen-bond acceptors (Lipinski definition) is 2. The third-order valence-electron chi connectivity index (χ3n) is 1.54. The fourth-order valence-electron chi connectivity index (χ4n) is 0.824. The van der Waals surface area contributed by atoms with Gasteiger partial charge in [0.2, 0.25) is 0 Å². The summed E-state index contributed by atoms with van der Waals surface area (Å²) in [5.41, 5.74) is 1.37. The van der Waals surface area contributed by atoms with Crippen LogP contribution in [0.4, 0.5) is 4.39 Å². The van der Waals surface area contributed by atoms with Crippen LogP contribution in [-0.4, -0.2) is 10.9 Å². The van der Waals surface area contributed by atoms with E-state index in [0.717, 1.165) is 5.56 Å². The van der Waals surface area contributed by atoms with Gasteiger partial charge in [0.25, 0.3) is 0 Å². The normalized spacial score (nSPS) is 12.3. The summed E-state index contributed by atoms with van der Waals surface area (Å²) in [5, 5.41) is 11.3. The molecule has 0 saturated carbocycles. The van der Waals surface area contributed by atoms with Crippen molar-refractivity contribution in [3.05, 3.63) is 41.7 Å². The van der Waals surface area contributed by atoms with Crippen LogP contribution in [0.1, 0.15) is 12.5 Å². The van der Waals surface area contributed by atoms with Crippen LogP contribution in [0.5, 0.6) is 0 Å². The minimum atomic E-state index is -0.260. The van der Waals surface area contributed by atoms with E-state index in [2.05, 4.69) is 5.16 Å². The van der Waals surface area contributed by atoms with Gasteiger partial charge in [-0.25, -0.2) is 4.39 Å². The van der Waals surface area contributed by atoms with Crippen LogP contribution in [0.2, 0.25) is 0 Å². The lowest BCUT2D eigenvalue weighted by atomic mass is 10.2. The van der Waals surface area contributed by atoms with Crippen LogP contribution in [0, 0.1) is 5.82 Å². The first-order valence-electron chi connectivity index (χ1n) is 3.84. The molecule has 0 bridgehead atoms. The number of halogens is 1. The van der Waals surface area contributed by atoms with E-state index in [1.54, 1.807) is 31.2 Å². The van der Waals surface area contributed by atoms with Crippen molar-refractivity contribution in [2.75, 3.05) is 0 Å². The fraction of sp³-hybridized carbons (Fsp3) is 0.100. The second kappa shape index (κ2) is 4.40. The van der Waals surface area contributed by atoms with E-state index < -0.39 is 0 Å². The summed E-state index contributed by atoms with van der Waals surface area (Å²) in [6.07, 6.45) is 3.39. The Labute approximate surface area is 76.0 Å². The van der Waals surface area contributed by atoms with E-state index in [1.165, 1.54) is 12.1 Å². The molecule has 1 N–H and O–H groups in total. The summed E-state index contributed by atoms with van der Waals surface area (Å²) >= 11 is 0. The molecule has 13 heavy (non-hydrogen) atoms. The van der Waals surface area contributed by atoms with Gasteiger partial charge in [-0.1, -0.05) is 23.4 Å². The Hall–Kier alpha value is -1.64. The lowest BCUT2D eigenvalue weighted by Crippen LogP contribution is -1.82. The summed E-state index contributed by atoms with van der Waals surface area (Å²) < 4.78 is 12.5. The topological polar surface area (TPSA) is 32.6 Å². The Kier molecular flexibility index (Phi) is 3.20. The maximum Gasteiger partial charge on any atom is 0.123 e. The van der Waals surface area contributed by atoms with Crippen molar-refractivity contribution >= 4 is 11.8 Å². The molecule has 1 aromatic carbocycles. The first-order chi connectivity index (χ1) is 6.22. The monoisotopic (exact) mass is 179 g/mol. The molecule has 2 nitrogen and oxygen atoms in total. The van der Waals surface area contributed by atoms with Crippen LogP contribution in [0.15, 0.2) is 35.5 Å². The zero-order valence-electron chi connectivity index (χ0n) is 7.24. The lowest BCUT2D eigenvalue weighted by molar-refractivity contribution is 0.319. The first kappa shape index (κ1) is 9.45. The van der Waals surface area contributed by atoms with Gasteiger partial charge in [0, 0.05) is 0 Å². The van der Waals surface area contributed by atoms with Gasteiger partial charge in [-0.3, -0.25) is 0 Å². The number of allylic oxidation sites excluding steroid dienone is 1. The molecule has 0 radical (unpaired) electrons. The first-order valence-corrected chi connectivity index (χ1v) is 3.84. The molecule has 0 fully saturated rings. The van der Waals surface area contributed by atoms with E-state index in [1.807, 2.05) is 0 Å². The van der Waals surface area contributed by atoms with Crippen molar-refractivity contribution in [2.24, 2.45) is 5.16 Å². The fourth-order valence-corrected chi connectivity index (χ4v) is 0.824. The highest BCUT2D eigenvalue weighted by molar-refractivity contribution is 5.95.